The van der Waals surface area contributed by atoms with Gasteiger partial charge in [0.05, 0.1) is 5.56 Å². The maximum absolute atomic E-state index is 13.9. The number of aromatic nitrogens is 3. The van der Waals surface area contributed by atoms with Gasteiger partial charge in [-0.05, 0) is 37.0 Å². The molecule has 1 aliphatic rings. The number of carbonyl (C=O) groups excluding carboxylic acids is 1. The Morgan fingerprint density at radius 3 is 3.00 bits per heavy atom. The highest BCUT2D eigenvalue weighted by Crippen LogP contribution is 2.24. The van der Waals surface area contributed by atoms with Gasteiger partial charge in [-0.3, -0.25) is 4.79 Å². The minimum absolute atomic E-state index is 0.160. The molecule has 28 heavy (non-hydrogen) atoms. The average Bonchev–Trinajstić information content (AvgIpc) is 3.16. The normalized spacial score (nSPS) is 16.9. The summed E-state index contributed by atoms with van der Waals surface area (Å²) in [6, 6.07) is 9.48. The molecule has 0 bridgehead atoms. The van der Waals surface area contributed by atoms with Gasteiger partial charge in [0.2, 0.25) is 11.7 Å². The van der Waals surface area contributed by atoms with Gasteiger partial charge in [-0.2, -0.15) is 9.71 Å². The number of pyridine rings is 1. The topological polar surface area (TPSA) is 86.2 Å². The molecular formula is C20H19FN4O3. The second kappa shape index (κ2) is 7.75. The number of amides is 1. The van der Waals surface area contributed by atoms with E-state index in [-0.39, 0.29) is 17.6 Å². The Hall–Kier alpha value is -3.29. The second-order valence-electron chi connectivity index (χ2n) is 6.91. The van der Waals surface area contributed by atoms with Gasteiger partial charge >= 0.3 is 0 Å². The van der Waals surface area contributed by atoms with Gasteiger partial charge in [0.1, 0.15) is 11.4 Å². The Morgan fingerprint density at radius 1 is 1.32 bits per heavy atom. The van der Waals surface area contributed by atoms with Crippen LogP contribution in [0.25, 0.3) is 11.4 Å². The van der Waals surface area contributed by atoms with Gasteiger partial charge in [-0.25, -0.2) is 4.39 Å². The summed E-state index contributed by atoms with van der Waals surface area (Å²) in [5.74, 6) is 0.251. The molecule has 0 N–H and O–H groups in total. The van der Waals surface area contributed by atoms with E-state index < -0.39 is 5.82 Å². The molecule has 7 nitrogen and oxygen atoms in total. The Balaban J connectivity index is 1.43. The van der Waals surface area contributed by atoms with Crippen LogP contribution >= 0.6 is 0 Å². The number of hydrogen-bond donors (Lipinski definition) is 0. The third kappa shape index (κ3) is 3.85. The Kier molecular flexibility index (Phi) is 5.01. The lowest BCUT2D eigenvalue weighted by Gasteiger charge is -2.32. The summed E-state index contributed by atoms with van der Waals surface area (Å²) in [5, 5.41) is 15.3. The molecular weight excluding hydrogens is 363 g/mol. The van der Waals surface area contributed by atoms with E-state index in [4.69, 9.17) is 4.52 Å². The van der Waals surface area contributed by atoms with Crippen molar-refractivity contribution < 1.29 is 18.4 Å². The summed E-state index contributed by atoms with van der Waals surface area (Å²) < 4.78 is 19.8. The molecule has 1 amide bonds. The molecule has 3 heterocycles. The van der Waals surface area contributed by atoms with Crippen LogP contribution in [0.4, 0.5) is 4.39 Å². The van der Waals surface area contributed by atoms with Gasteiger partial charge in [0.15, 0.2) is 12.4 Å². The predicted molar refractivity (Wildman–Crippen MR) is 97.4 cm³/mol. The van der Waals surface area contributed by atoms with Crippen molar-refractivity contribution in [3.05, 3.63) is 71.3 Å². The van der Waals surface area contributed by atoms with E-state index in [1.807, 2.05) is 0 Å². The molecule has 144 valence electrons. The van der Waals surface area contributed by atoms with E-state index in [2.05, 4.69) is 10.1 Å². The lowest BCUT2D eigenvalue weighted by Crippen LogP contribution is -2.41. The van der Waals surface area contributed by atoms with Crippen LogP contribution < -0.4 is 4.73 Å². The van der Waals surface area contributed by atoms with Crippen molar-refractivity contribution >= 4 is 5.91 Å². The molecule has 8 heteroatoms. The maximum atomic E-state index is 13.9. The standard InChI is InChI=1S/C20H19FN4O3/c21-17-8-2-1-7-16(17)19-22-18(28-23-19)11-14-5-3-9-24(12-14)20(26)15-6-4-10-25(27)13-15/h1-2,4,6-8,10,13-14H,3,5,9,11-12H2/t14-/m1/s1. The molecule has 0 radical (unpaired) electrons. The molecule has 3 aromatic rings. The first kappa shape index (κ1) is 18.1. The van der Waals surface area contributed by atoms with Crippen LogP contribution in [0.3, 0.4) is 0 Å². The first-order chi connectivity index (χ1) is 13.6. The Bertz CT molecular complexity index is 991. The number of piperidine rings is 1. The number of rotatable bonds is 4. The fourth-order valence-corrected chi connectivity index (χ4v) is 3.52. The van der Waals surface area contributed by atoms with Crippen molar-refractivity contribution in [2.75, 3.05) is 13.1 Å². The molecule has 4 rings (SSSR count). The van der Waals surface area contributed by atoms with Crippen LogP contribution in [0.1, 0.15) is 29.1 Å². The van der Waals surface area contributed by atoms with E-state index in [1.54, 1.807) is 35.2 Å². The fourth-order valence-electron chi connectivity index (χ4n) is 3.52. The molecule has 1 saturated heterocycles. The number of benzene rings is 1. The number of halogens is 1. The Morgan fingerprint density at radius 2 is 2.18 bits per heavy atom. The van der Waals surface area contributed by atoms with Crippen molar-refractivity contribution in [1.82, 2.24) is 15.0 Å². The van der Waals surface area contributed by atoms with Gasteiger partial charge in [0.25, 0.3) is 5.91 Å². The summed E-state index contributed by atoms with van der Waals surface area (Å²) in [4.78, 5) is 18.7. The summed E-state index contributed by atoms with van der Waals surface area (Å²) in [7, 11) is 0. The summed E-state index contributed by atoms with van der Waals surface area (Å²) in [6.45, 7) is 1.19. The van der Waals surface area contributed by atoms with Crippen molar-refractivity contribution in [2.24, 2.45) is 5.92 Å². The largest absolute Gasteiger partial charge is 0.619 e. The monoisotopic (exact) mass is 382 g/mol. The van der Waals surface area contributed by atoms with Crippen LogP contribution in [-0.4, -0.2) is 34.0 Å². The van der Waals surface area contributed by atoms with E-state index >= 15 is 0 Å². The average molecular weight is 382 g/mol. The third-order valence-corrected chi connectivity index (χ3v) is 4.87. The predicted octanol–water partition coefficient (Wildman–Crippen LogP) is 2.60. The van der Waals surface area contributed by atoms with Crippen molar-refractivity contribution in [2.45, 2.75) is 19.3 Å². The van der Waals surface area contributed by atoms with Crippen LogP contribution in [0, 0.1) is 16.9 Å². The number of nitrogens with zero attached hydrogens (tertiary/aromatic N) is 4. The van der Waals surface area contributed by atoms with Gasteiger partial charge in [-0.15, -0.1) is 0 Å². The Labute approximate surface area is 161 Å². The second-order valence-corrected chi connectivity index (χ2v) is 6.91. The molecule has 1 atom stereocenters. The van der Waals surface area contributed by atoms with Crippen LogP contribution in [0.2, 0.25) is 0 Å². The van der Waals surface area contributed by atoms with E-state index in [1.165, 1.54) is 18.5 Å². The van der Waals surface area contributed by atoms with E-state index in [0.29, 0.717) is 41.3 Å². The quantitative estimate of drug-likeness (QED) is 0.511. The van der Waals surface area contributed by atoms with Crippen molar-refractivity contribution in [3.63, 3.8) is 0 Å². The minimum Gasteiger partial charge on any atom is -0.619 e. The minimum atomic E-state index is -0.400. The number of carbonyl (C=O) groups is 1. The zero-order valence-electron chi connectivity index (χ0n) is 15.1. The summed E-state index contributed by atoms with van der Waals surface area (Å²) in [5.41, 5.74) is 0.672. The zero-order chi connectivity index (χ0) is 19.5. The van der Waals surface area contributed by atoms with Crippen molar-refractivity contribution in [1.29, 1.82) is 0 Å². The highest BCUT2D eigenvalue weighted by molar-refractivity contribution is 5.93. The smallest absolute Gasteiger partial charge is 0.259 e. The lowest BCUT2D eigenvalue weighted by molar-refractivity contribution is -0.605. The van der Waals surface area contributed by atoms with Crippen molar-refractivity contribution in [3.8, 4) is 11.4 Å². The van der Waals surface area contributed by atoms with Gasteiger partial charge < -0.3 is 14.6 Å². The summed E-state index contributed by atoms with van der Waals surface area (Å²) >= 11 is 0. The number of likely N-dealkylation sites (tertiary alicyclic amines) is 1. The molecule has 0 aliphatic carbocycles. The third-order valence-electron chi connectivity index (χ3n) is 4.87. The molecule has 1 aliphatic heterocycles. The summed E-state index contributed by atoms with van der Waals surface area (Å²) in [6.07, 6.45) is 4.93. The molecule has 0 spiro atoms. The lowest BCUT2D eigenvalue weighted by atomic mass is 9.94. The molecule has 2 aromatic heterocycles. The molecule has 0 unspecified atom stereocenters. The molecule has 0 saturated carbocycles. The first-order valence-electron chi connectivity index (χ1n) is 9.16. The number of hydrogen-bond acceptors (Lipinski definition) is 5. The van der Waals surface area contributed by atoms with Gasteiger partial charge in [0, 0.05) is 25.6 Å². The first-order valence-corrected chi connectivity index (χ1v) is 9.16. The fraction of sp³-hybridized carbons (Fsp3) is 0.300. The highest BCUT2D eigenvalue weighted by Gasteiger charge is 2.27. The maximum Gasteiger partial charge on any atom is 0.259 e. The zero-order valence-corrected chi connectivity index (χ0v) is 15.1. The van der Waals surface area contributed by atoms with Crippen LogP contribution in [0.15, 0.2) is 53.3 Å². The van der Waals surface area contributed by atoms with Crippen LogP contribution in [-0.2, 0) is 6.42 Å². The van der Waals surface area contributed by atoms with E-state index in [9.17, 15) is 14.4 Å². The van der Waals surface area contributed by atoms with Gasteiger partial charge in [-0.1, -0.05) is 17.3 Å². The molecule has 1 aromatic carbocycles. The molecule has 1 fully saturated rings. The SMILES string of the molecule is O=C(c1ccc[n+]([O-])c1)N1CCC[C@H](Cc2nc(-c3ccccc3F)no2)C1. The van der Waals surface area contributed by atoms with E-state index in [0.717, 1.165) is 12.8 Å². The van der Waals surface area contributed by atoms with Crippen LogP contribution in [0.5, 0.6) is 0 Å². The highest BCUT2D eigenvalue weighted by atomic mass is 19.1.